The second kappa shape index (κ2) is 9.99. The molecule has 1 saturated heterocycles. The van der Waals surface area contributed by atoms with E-state index in [-0.39, 0.29) is 29.7 Å². The van der Waals surface area contributed by atoms with Gasteiger partial charge < -0.3 is 9.47 Å². The molecule has 1 aliphatic rings. The third-order valence-corrected chi connectivity index (χ3v) is 4.74. The molecule has 0 radical (unpaired) electrons. The van der Waals surface area contributed by atoms with Crippen molar-refractivity contribution < 1.29 is 23.5 Å². The van der Waals surface area contributed by atoms with Crippen LogP contribution in [0.4, 0.5) is 4.39 Å². The Balaban J connectivity index is 1.86. The number of amides is 2. The number of ether oxygens (including phenoxy) is 2. The summed E-state index contributed by atoms with van der Waals surface area (Å²) >= 11 is 5.05. The van der Waals surface area contributed by atoms with E-state index in [1.54, 1.807) is 36.4 Å². The summed E-state index contributed by atoms with van der Waals surface area (Å²) in [6, 6.07) is 11.3. The van der Waals surface area contributed by atoms with Gasteiger partial charge in [-0.2, -0.15) is 0 Å². The molecule has 2 amide bonds. The maximum Gasteiger partial charge on any atom is 0.265 e. The van der Waals surface area contributed by atoms with E-state index in [0.717, 1.165) is 0 Å². The summed E-state index contributed by atoms with van der Waals surface area (Å²) < 4.78 is 25.2. The molecule has 0 unspecified atom stereocenters. The number of carbonyl (C=O) groups excluding carboxylic acids is 2. The van der Waals surface area contributed by atoms with E-state index in [1.807, 2.05) is 6.92 Å². The molecule has 6 nitrogen and oxygen atoms in total. The van der Waals surface area contributed by atoms with Crippen molar-refractivity contribution in [1.29, 1.82) is 0 Å². The molecular formula is C23H21FN2O4S. The van der Waals surface area contributed by atoms with Crippen LogP contribution in [0.25, 0.3) is 6.08 Å². The van der Waals surface area contributed by atoms with Gasteiger partial charge in [-0.3, -0.25) is 19.8 Å². The van der Waals surface area contributed by atoms with Crippen LogP contribution in [0.3, 0.4) is 0 Å². The van der Waals surface area contributed by atoms with Crippen LogP contribution in [0.1, 0.15) is 18.1 Å². The van der Waals surface area contributed by atoms with Crippen molar-refractivity contribution in [2.45, 2.75) is 13.5 Å². The predicted octanol–water partition coefficient (Wildman–Crippen LogP) is 3.62. The molecule has 1 heterocycles. The van der Waals surface area contributed by atoms with Gasteiger partial charge in [0.25, 0.3) is 11.8 Å². The van der Waals surface area contributed by atoms with Gasteiger partial charge in [-0.15, -0.1) is 6.58 Å². The molecule has 160 valence electrons. The SMILES string of the molecule is C=CCN1C(=O)/C(=C/c2ccc(OCc3ccccc3F)c(OCC)c2)C(=O)NC1=S. The first-order chi connectivity index (χ1) is 14.9. The lowest BCUT2D eigenvalue weighted by Gasteiger charge is -2.27. The van der Waals surface area contributed by atoms with Crippen molar-refractivity contribution in [2.24, 2.45) is 0 Å². The Morgan fingerprint density at radius 2 is 1.94 bits per heavy atom. The summed E-state index contributed by atoms with van der Waals surface area (Å²) in [6.07, 6.45) is 2.98. The van der Waals surface area contributed by atoms with E-state index >= 15 is 0 Å². The Morgan fingerprint density at radius 3 is 2.65 bits per heavy atom. The van der Waals surface area contributed by atoms with Crippen LogP contribution >= 0.6 is 12.2 Å². The Labute approximate surface area is 185 Å². The highest BCUT2D eigenvalue weighted by atomic mass is 32.1. The summed E-state index contributed by atoms with van der Waals surface area (Å²) in [5.74, 6) is -0.610. The Bertz CT molecular complexity index is 1070. The first-order valence-electron chi connectivity index (χ1n) is 9.57. The minimum Gasteiger partial charge on any atom is -0.490 e. The molecule has 0 atom stereocenters. The molecule has 0 saturated carbocycles. The second-order valence-corrected chi connectivity index (χ2v) is 6.93. The Morgan fingerprint density at radius 1 is 1.16 bits per heavy atom. The van der Waals surface area contributed by atoms with Gasteiger partial charge in [-0.1, -0.05) is 30.3 Å². The summed E-state index contributed by atoms with van der Waals surface area (Å²) in [4.78, 5) is 26.2. The second-order valence-electron chi connectivity index (χ2n) is 6.54. The van der Waals surface area contributed by atoms with Crippen LogP contribution < -0.4 is 14.8 Å². The molecule has 8 heteroatoms. The average molecular weight is 440 g/mol. The number of nitrogens with one attached hydrogen (secondary N) is 1. The highest BCUT2D eigenvalue weighted by Crippen LogP contribution is 2.30. The lowest BCUT2D eigenvalue weighted by Crippen LogP contribution is -2.53. The Kier molecular flexibility index (Phi) is 7.15. The average Bonchev–Trinajstić information content (AvgIpc) is 2.75. The normalized spacial score (nSPS) is 15.1. The third-order valence-electron chi connectivity index (χ3n) is 4.42. The summed E-state index contributed by atoms with van der Waals surface area (Å²) in [5, 5.41) is 2.54. The first-order valence-corrected chi connectivity index (χ1v) is 9.98. The monoisotopic (exact) mass is 440 g/mol. The van der Waals surface area contributed by atoms with Crippen molar-refractivity contribution in [1.82, 2.24) is 10.2 Å². The maximum absolute atomic E-state index is 13.8. The van der Waals surface area contributed by atoms with Gasteiger partial charge in [0.15, 0.2) is 16.6 Å². The van der Waals surface area contributed by atoms with E-state index in [4.69, 9.17) is 21.7 Å². The topological polar surface area (TPSA) is 67.9 Å². The number of rotatable bonds is 8. The molecule has 3 rings (SSSR count). The number of nitrogens with zero attached hydrogens (tertiary/aromatic N) is 1. The van der Waals surface area contributed by atoms with Crippen molar-refractivity contribution in [2.75, 3.05) is 13.2 Å². The van der Waals surface area contributed by atoms with Crippen LogP contribution in [-0.2, 0) is 16.2 Å². The summed E-state index contributed by atoms with van der Waals surface area (Å²) in [7, 11) is 0. The van der Waals surface area contributed by atoms with E-state index in [9.17, 15) is 14.0 Å². The van der Waals surface area contributed by atoms with E-state index in [2.05, 4.69) is 11.9 Å². The van der Waals surface area contributed by atoms with Gasteiger partial charge in [-0.25, -0.2) is 4.39 Å². The fourth-order valence-corrected chi connectivity index (χ4v) is 3.18. The van der Waals surface area contributed by atoms with Crippen molar-refractivity contribution >= 4 is 35.2 Å². The highest BCUT2D eigenvalue weighted by Gasteiger charge is 2.32. The zero-order valence-electron chi connectivity index (χ0n) is 16.9. The molecule has 31 heavy (non-hydrogen) atoms. The van der Waals surface area contributed by atoms with Gasteiger partial charge in [-0.05, 0) is 49.0 Å². The summed E-state index contributed by atoms with van der Waals surface area (Å²) in [5.41, 5.74) is 0.920. The minimum absolute atomic E-state index is 0.0298. The number of hydrogen-bond acceptors (Lipinski definition) is 5. The number of thiocarbonyl (C=S) groups is 1. The molecule has 1 N–H and O–H groups in total. The lowest BCUT2D eigenvalue weighted by atomic mass is 10.1. The van der Waals surface area contributed by atoms with Gasteiger partial charge in [0.1, 0.15) is 18.0 Å². The van der Waals surface area contributed by atoms with Crippen molar-refractivity contribution in [3.63, 3.8) is 0 Å². The van der Waals surface area contributed by atoms with Gasteiger partial charge >= 0.3 is 0 Å². The largest absolute Gasteiger partial charge is 0.490 e. The summed E-state index contributed by atoms with van der Waals surface area (Å²) in [6.45, 7) is 6.00. The van der Waals surface area contributed by atoms with Crippen LogP contribution in [0, 0.1) is 5.82 Å². The van der Waals surface area contributed by atoms with Crippen LogP contribution in [0.15, 0.2) is 60.7 Å². The fraction of sp³-hybridized carbons (Fsp3) is 0.174. The minimum atomic E-state index is -0.576. The molecular weight excluding hydrogens is 419 g/mol. The quantitative estimate of drug-likeness (QED) is 0.294. The van der Waals surface area contributed by atoms with Crippen LogP contribution in [-0.4, -0.2) is 35.0 Å². The van der Waals surface area contributed by atoms with Gasteiger partial charge in [0, 0.05) is 12.1 Å². The number of carbonyl (C=O) groups is 2. The maximum atomic E-state index is 13.8. The smallest absolute Gasteiger partial charge is 0.265 e. The third kappa shape index (κ3) is 5.16. The first kappa shape index (κ1) is 22.2. The van der Waals surface area contributed by atoms with Crippen LogP contribution in [0.5, 0.6) is 11.5 Å². The molecule has 1 aliphatic heterocycles. The van der Waals surface area contributed by atoms with E-state index in [1.165, 1.54) is 23.1 Å². The molecule has 1 fully saturated rings. The molecule has 2 aromatic rings. The molecule has 2 aromatic carbocycles. The van der Waals surface area contributed by atoms with E-state index in [0.29, 0.717) is 29.2 Å². The highest BCUT2D eigenvalue weighted by molar-refractivity contribution is 7.80. The Hall–Kier alpha value is -3.52. The number of hydrogen-bond donors (Lipinski definition) is 1. The fourth-order valence-electron chi connectivity index (χ4n) is 2.93. The molecule has 0 bridgehead atoms. The molecule has 0 aliphatic carbocycles. The van der Waals surface area contributed by atoms with Gasteiger partial charge in [0.2, 0.25) is 0 Å². The zero-order valence-corrected chi connectivity index (χ0v) is 17.7. The molecule has 0 aromatic heterocycles. The van der Waals surface area contributed by atoms with E-state index < -0.39 is 11.8 Å². The zero-order chi connectivity index (χ0) is 22.4. The predicted molar refractivity (Wildman–Crippen MR) is 119 cm³/mol. The van der Waals surface area contributed by atoms with Gasteiger partial charge in [0.05, 0.1) is 6.61 Å². The molecule has 0 spiro atoms. The number of halogens is 1. The lowest BCUT2D eigenvalue weighted by molar-refractivity contribution is -0.128. The van der Waals surface area contributed by atoms with Crippen molar-refractivity contribution in [3.05, 3.63) is 77.6 Å². The van der Waals surface area contributed by atoms with Crippen molar-refractivity contribution in [3.8, 4) is 11.5 Å². The van der Waals surface area contributed by atoms with Crippen LogP contribution in [0.2, 0.25) is 0 Å². The standard InChI is InChI=1S/C23H21FN2O4S/c1-3-11-26-22(28)17(21(27)25-23(26)31)12-15-9-10-19(20(13-15)29-4-2)30-14-16-7-5-6-8-18(16)24/h3,5-10,12-13H,1,4,11,14H2,2H3,(H,25,27,31)/b17-12+. The number of benzene rings is 2.